The lowest BCUT2D eigenvalue weighted by molar-refractivity contribution is -0.137. The second kappa shape index (κ2) is 6.98. The molecule has 1 aliphatic carbocycles. The molecule has 25 heavy (non-hydrogen) atoms. The van der Waals surface area contributed by atoms with Crippen LogP contribution in [0.25, 0.3) is 10.9 Å². The number of rotatable bonds is 3. The van der Waals surface area contributed by atoms with Crippen molar-refractivity contribution >= 4 is 16.8 Å². The van der Waals surface area contributed by atoms with Crippen molar-refractivity contribution in [2.24, 2.45) is 5.92 Å². The van der Waals surface area contributed by atoms with E-state index in [1.165, 1.54) is 25.7 Å². The molecule has 2 aliphatic rings. The molecule has 2 fully saturated rings. The molecule has 1 aromatic heterocycles. The molecule has 0 radical (unpaired) electrons. The zero-order valence-electron chi connectivity index (χ0n) is 14.6. The molecule has 1 aromatic carbocycles. The van der Waals surface area contributed by atoms with Crippen molar-refractivity contribution in [2.45, 2.75) is 57.5 Å². The number of para-hydroxylation sites is 1. The van der Waals surface area contributed by atoms with E-state index < -0.39 is 0 Å². The Balaban J connectivity index is 1.46. The van der Waals surface area contributed by atoms with Gasteiger partial charge in [-0.15, -0.1) is 0 Å². The highest BCUT2D eigenvalue weighted by Crippen LogP contribution is 2.35. The van der Waals surface area contributed by atoms with E-state index in [-0.39, 0.29) is 11.5 Å². The van der Waals surface area contributed by atoms with Gasteiger partial charge in [-0.25, -0.2) is 4.98 Å². The van der Waals surface area contributed by atoms with Crippen molar-refractivity contribution in [2.75, 3.05) is 6.54 Å². The van der Waals surface area contributed by atoms with Crippen LogP contribution in [0.4, 0.5) is 0 Å². The third-order valence-corrected chi connectivity index (χ3v) is 5.86. The van der Waals surface area contributed by atoms with Crippen molar-refractivity contribution in [1.82, 2.24) is 14.5 Å². The molecule has 1 aliphatic heterocycles. The van der Waals surface area contributed by atoms with Crippen molar-refractivity contribution in [3.05, 3.63) is 40.9 Å². The van der Waals surface area contributed by atoms with Crippen LogP contribution in [0, 0.1) is 5.92 Å². The predicted molar refractivity (Wildman–Crippen MR) is 97.3 cm³/mol. The second-order valence-corrected chi connectivity index (χ2v) is 7.35. The molecule has 2 atom stereocenters. The quantitative estimate of drug-likeness (QED) is 0.864. The highest BCUT2D eigenvalue weighted by Gasteiger charge is 2.35. The first-order valence-electron chi connectivity index (χ1n) is 9.48. The summed E-state index contributed by atoms with van der Waals surface area (Å²) in [6.07, 6.45) is 9.28. The van der Waals surface area contributed by atoms with E-state index in [0.29, 0.717) is 35.8 Å². The Labute approximate surface area is 147 Å². The molecule has 5 heteroatoms. The average Bonchev–Trinajstić information content (AvgIpc) is 2.67. The molecule has 2 heterocycles. The monoisotopic (exact) mass is 339 g/mol. The smallest absolute Gasteiger partial charge is 0.261 e. The normalized spacial score (nSPS) is 23.4. The summed E-state index contributed by atoms with van der Waals surface area (Å²) in [6.45, 7) is 1.29. The number of carbonyl (C=O) groups is 1. The Morgan fingerprint density at radius 3 is 2.84 bits per heavy atom. The molecule has 0 spiro atoms. The maximum absolute atomic E-state index is 12.8. The Morgan fingerprint density at radius 2 is 1.92 bits per heavy atom. The number of carbonyl (C=O) groups excluding carboxylic acids is 1. The molecule has 1 amide bonds. The van der Waals surface area contributed by atoms with Gasteiger partial charge in [-0.3, -0.25) is 14.2 Å². The van der Waals surface area contributed by atoms with Crippen molar-refractivity contribution < 1.29 is 4.79 Å². The molecule has 2 aromatic rings. The fourth-order valence-corrected chi connectivity index (χ4v) is 4.56. The van der Waals surface area contributed by atoms with Crippen molar-refractivity contribution in [3.8, 4) is 0 Å². The first-order chi connectivity index (χ1) is 12.2. The number of fused-ring (bicyclic) bond motifs is 2. The number of aryl methyl sites for hydroxylation is 1. The Bertz CT molecular complexity index is 827. The first-order valence-corrected chi connectivity index (χ1v) is 9.48. The van der Waals surface area contributed by atoms with Gasteiger partial charge in [0.1, 0.15) is 0 Å². The molecular weight excluding hydrogens is 314 g/mol. The van der Waals surface area contributed by atoms with Gasteiger partial charge >= 0.3 is 0 Å². The fourth-order valence-electron chi connectivity index (χ4n) is 4.56. The number of nitrogens with zero attached hydrogens (tertiary/aromatic N) is 3. The second-order valence-electron chi connectivity index (χ2n) is 7.35. The molecule has 0 N–H and O–H groups in total. The van der Waals surface area contributed by atoms with Gasteiger partial charge in [-0.2, -0.15) is 0 Å². The van der Waals surface area contributed by atoms with E-state index in [1.54, 1.807) is 17.0 Å². The van der Waals surface area contributed by atoms with Crippen molar-refractivity contribution in [1.29, 1.82) is 0 Å². The Kier molecular flexibility index (Phi) is 4.55. The minimum atomic E-state index is -0.0624. The molecular formula is C20H25N3O2. The number of piperidine rings is 1. The van der Waals surface area contributed by atoms with Crippen LogP contribution in [0.15, 0.2) is 35.4 Å². The van der Waals surface area contributed by atoms with Gasteiger partial charge in [-0.1, -0.05) is 25.0 Å². The Hall–Kier alpha value is -2.17. The van der Waals surface area contributed by atoms with Gasteiger partial charge < -0.3 is 4.90 Å². The van der Waals surface area contributed by atoms with Crippen LogP contribution in [0.5, 0.6) is 0 Å². The van der Waals surface area contributed by atoms with Crippen LogP contribution >= 0.6 is 0 Å². The summed E-state index contributed by atoms with van der Waals surface area (Å²) in [7, 11) is 0. The molecule has 1 saturated heterocycles. The zero-order chi connectivity index (χ0) is 17.2. The van der Waals surface area contributed by atoms with Crippen LogP contribution in [0.3, 0.4) is 0 Å². The average molecular weight is 339 g/mol. The molecule has 2 unspecified atom stereocenters. The standard InChI is InChI=1S/C20H25N3O2/c24-19(23-12-5-7-15-6-1-4-10-18(15)23)11-13-22-14-21-17-9-3-2-8-16(17)20(22)25/h2-3,8-9,14-15,18H,1,4-7,10-13H2. The summed E-state index contributed by atoms with van der Waals surface area (Å²) in [5, 5.41) is 0.614. The van der Waals surface area contributed by atoms with E-state index >= 15 is 0 Å². The maximum atomic E-state index is 12.8. The topological polar surface area (TPSA) is 55.2 Å². The first kappa shape index (κ1) is 16.3. The molecule has 132 valence electrons. The van der Waals surface area contributed by atoms with E-state index in [1.807, 2.05) is 18.2 Å². The maximum Gasteiger partial charge on any atom is 0.261 e. The summed E-state index contributed by atoms with van der Waals surface area (Å²) in [4.78, 5) is 31.8. The highest BCUT2D eigenvalue weighted by atomic mass is 16.2. The van der Waals surface area contributed by atoms with Crippen LogP contribution in [0.1, 0.15) is 44.9 Å². The molecule has 5 nitrogen and oxygen atoms in total. The van der Waals surface area contributed by atoms with Gasteiger partial charge in [0.2, 0.25) is 5.91 Å². The number of benzene rings is 1. The molecule has 0 bridgehead atoms. The van der Waals surface area contributed by atoms with Gasteiger partial charge in [0.25, 0.3) is 5.56 Å². The number of hydrogen-bond donors (Lipinski definition) is 0. The summed E-state index contributed by atoms with van der Waals surface area (Å²) in [5.41, 5.74) is 0.642. The molecule has 1 saturated carbocycles. The third-order valence-electron chi connectivity index (χ3n) is 5.86. The van der Waals surface area contributed by atoms with E-state index in [2.05, 4.69) is 9.88 Å². The molecule has 4 rings (SSSR count). The minimum absolute atomic E-state index is 0.0624. The highest BCUT2D eigenvalue weighted by molar-refractivity contribution is 5.78. The lowest BCUT2D eigenvalue weighted by atomic mass is 9.78. The summed E-state index contributed by atoms with van der Waals surface area (Å²) in [5.74, 6) is 0.883. The summed E-state index contributed by atoms with van der Waals surface area (Å²) in [6, 6.07) is 7.78. The number of aromatic nitrogens is 2. The van der Waals surface area contributed by atoms with Gasteiger partial charge in [0.05, 0.1) is 17.2 Å². The lowest BCUT2D eigenvalue weighted by Crippen LogP contribution is -2.49. The summed E-state index contributed by atoms with van der Waals surface area (Å²) >= 11 is 0. The van der Waals surface area contributed by atoms with E-state index in [4.69, 9.17) is 0 Å². The van der Waals surface area contributed by atoms with Gasteiger partial charge in [-0.05, 0) is 43.7 Å². The van der Waals surface area contributed by atoms with Crippen molar-refractivity contribution in [3.63, 3.8) is 0 Å². The third kappa shape index (κ3) is 3.20. The fraction of sp³-hybridized carbons (Fsp3) is 0.550. The van der Waals surface area contributed by atoms with Gasteiger partial charge in [0, 0.05) is 25.6 Å². The van der Waals surface area contributed by atoms with Crippen LogP contribution in [0.2, 0.25) is 0 Å². The number of amides is 1. The van der Waals surface area contributed by atoms with E-state index in [0.717, 1.165) is 19.4 Å². The summed E-state index contributed by atoms with van der Waals surface area (Å²) < 4.78 is 1.57. The zero-order valence-corrected chi connectivity index (χ0v) is 14.6. The van der Waals surface area contributed by atoms with Gasteiger partial charge in [0.15, 0.2) is 0 Å². The van der Waals surface area contributed by atoms with E-state index in [9.17, 15) is 9.59 Å². The Morgan fingerprint density at radius 1 is 1.12 bits per heavy atom. The predicted octanol–water partition coefficient (Wildman–Crippen LogP) is 2.97. The number of hydrogen-bond acceptors (Lipinski definition) is 3. The minimum Gasteiger partial charge on any atom is -0.339 e. The largest absolute Gasteiger partial charge is 0.339 e. The SMILES string of the molecule is O=C(CCn1cnc2ccccc2c1=O)N1CCCC2CCCCC21. The van der Waals surface area contributed by atoms with Crippen LogP contribution < -0.4 is 5.56 Å². The lowest BCUT2D eigenvalue weighted by Gasteiger charge is -2.44. The van der Waals surface area contributed by atoms with Crippen LogP contribution in [-0.4, -0.2) is 32.9 Å². The number of likely N-dealkylation sites (tertiary alicyclic amines) is 1. The van der Waals surface area contributed by atoms with Crippen LogP contribution in [-0.2, 0) is 11.3 Å².